The van der Waals surface area contributed by atoms with Crippen LogP contribution < -0.4 is 4.72 Å². The zero-order valence-electron chi connectivity index (χ0n) is 8.93. The molecule has 1 atom stereocenters. The molecule has 0 aliphatic rings. The van der Waals surface area contributed by atoms with E-state index in [2.05, 4.69) is 4.72 Å². The highest BCUT2D eigenvalue weighted by molar-refractivity contribution is 7.91. The maximum atomic E-state index is 11.7. The Bertz CT molecular complexity index is 477. The standard InChI is InChI=1S/C9H13NO4S2/c1-3-7-4-5-8(15-7)16(13,14)10-6(2)9(11)12/h4-6,10H,3H2,1-2H3,(H,11,12)/t6-/m1/s1. The Morgan fingerprint density at radius 1 is 1.56 bits per heavy atom. The van der Waals surface area contributed by atoms with Crippen LogP contribution in [0.25, 0.3) is 0 Å². The van der Waals surface area contributed by atoms with Crippen LogP contribution in [0.2, 0.25) is 0 Å². The third-order valence-electron chi connectivity index (χ3n) is 1.95. The average molecular weight is 263 g/mol. The number of carbonyl (C=O) groups is 1. The lowest BCUT2D eigenvalue weighted by Crippen LogP contribution is -2.37. The van der Waals surface area contributed by atoms with Crippen LogP contribution >= 0.6 is 11.3 Å². The number of carboxylic acids is 1. The van der Waals surface area contributed by atoms with Gasteiger partial charge in [0.05, 0.1) is 0 Å². The van der Waals surface area contributed by atoms with E-state index in [4.69, 9.17) is 5.11 Å². The minimum absolute atomic E-state index is 0.150. The lowest BCUT2D eigenvalue weighted by molar-refractivity contribution is -0.138. The van der Waals surface area contributed by atoms with Crippen molar-refractivity contribution in [2.75, 3.05) is 0 Å². The van der Waals surface area contributed by atoms with Crippen LogP contribution in [0.3, 0.4) is 0 Å². The van der Waals surface area contributed by atoms with Crippen LogP contribution in [0.15, 0.2) is 16.3 Å². The van der Waals surface area contributed by atoms with Crippen LogP contribution in [-0.4, -0.2) is 25.5 Å². The van der Waals surface area contributed by atoms with Crippen LogP contribution in [0.5, 0.6) is 0 Å². The lowest BCUT2D eigenvalue weighted by Gasteiger charge is -2.08. The van der Waals surface area contributed by atoms with Crippen molar-refractivity contribution in [3.8, 4) is 0 Å². The van der Waals surface area contributed by atoms with Crippen LogP contribution in [0, 0.1) is 0 Å². The van der Waals surface area contributed by atoms with Gasteiger partial charge in [0.1, 0.15) is 10.3 Å². The molecule has 16 heavy (non-hydrogen) atoms. The van der Waals surface area contributed by atoms with Crippen LogP contribution in [0.1, 0.15) is 18.7 Å². The number of carboxylic acid groups (broad SMARTS) is 1. The summed E-state index contributed by atoms with van der Waals surface area (Å²) in [6, 6.07) is 2.09. The molecule has 5 nitrogen and oxygen atoms in total. The predicted octanol–water partition coefficient (Wildman–Crippen LogP) is 1.06. The second-order valence-corrected chi connectivity index (χ2v) is 6.36. The molecule has 1 rings (SSSR count). The quantitative estimate of drug-likeness (QED) is 0.832. The first-order chi connectivity index (χ1) is 7.36. The molecule has 90 valence electrons. The van der Waals surface area contributed by atoms with E-state index in [1.807, 2.05) is 6.92 Å². The molecule has 7 heteroatoms. The summed E-state index contributed by atoms with van der Waals surface area (Å²) in [6.45, 7) is 3.21. The van der Waals surface area contributed by atoms with Gasteiger partial charge in [-0.15, -0.1) is 11.3 Å². The first-order valence-electron chi connectivity index (χ1n) is 4.70. The van der Waals surface area contributed by atoms with Gasteiger partial charge in [-0.2, -0.15) is 4.72 Å². The molecule has 0 radical (unpaired) electrons. The topological polar surface area (TPSA) is 83.5 Å². The van der Waals surface area contributed by atoms with E-state index in [0.717, 1.165) is 22.6 Å². The number of hydrogen-bond acceptors (Lipinski definition) is 4. The molecule has 2 N–H and O–H groups in total. The van der Waals surface area contributed by atoms with E-state index >= 15 is 0 Å². The molecular weight excluding hydrogens is 250 g/mol. The SMILES string of the molecule is CCc1ccc(S(=O)(=O)N[C@H](C)C(=O)O)s1. The van der Waals surface area contributed by atoms with E-state index in [1.165, 1.54) is 13.0 Å². The molecule has 1 heterocycles. The molecule has 0 saturated heterocycles. The predicted molar refractivity (Wildman–Crippen MR) is 61.1 cm³/mol. The zero-order valence-corrected chi connectivity index (χ0v) is 10.6. The van der Waals surface area contributed by atoms with Gasteiger partial charge in [-0.3, -0.25) is 4.79 Å². The Morgan fingerprint density at radius 3 is 2.62 bits per heavy atom. The van der Waals surface area contributed by atoms with E-state index in [0.29, 0.717) is 0 Å². The molecule has 1 aromatic rings. The third kappa shape index (κ3) is 3.03. The molecule has 0 bridgehead atoms. The van der Waals surface area contributed by atoms with Gasteiger partial charge in [0.25, 0.3) is 10.0 Å². The second kappa shape index (κ2) is 4.94. The number of aliphatic carboxylic acids is 1. The first kappa shape index (κ1) is 13.1. The third-order valence-corrected chi connectivity index (χ3v) is 5.21. The molecule has 0 saturated carbocycles. The van der Waals surface area contributed by atoms with Gasteiger partial charge < -0.3 is 5.11 Å². The molecule has 1 aromatic heterocycles. The van der Waals surface area contributed by atoms with Crippen molar-refractivity contribution in [1.29, 1.82) is 0 Å². The Labute approximate surface area is 98.2 Å². The van der Waals surface area contributed by atoms with Crippen LogP contribution in [-0.2, 0) is 21.2 Å². The number of aryl methyl sites for hydroxylation is 1. The van der Waals surface area contributed by atoms with Crippen molar-refractivity contribution >= 4 is 27.3 Å². The summed E-state index contributed by atoms with van der Waals surface area (Å²) >= 11 is 1.15. The molecule has 0 amide bonds. The van der Waals surface area contributed by atoms with Gasteiger partial charge in [-0.1, -0.05) is 6.92 Å². The fraction of sp³-hybridized carbons (Fsp3) is 0.444. The van der Waals surface area contributed by atoms with Gasteiger partial charge in [-0.25, -0.2) is 8.42 Å². The molecule has 0 fully saturated rings. The van der Waals surface area contributed by atoms with Gasteiger partial charge in [0, 0.05) is 4.88 Å². The first-order valence-corrected chi connectivity index (χ1v) is 7.00. The molecular formula is C9H13NO4S2. The largest absolute Gasteiger partial charge is 0.480 e. The maximum absolute atomic E-state index is 11.7. The summed E-state index contributed by atoms with van der Waals surface area (Å²) in [5, 5.41) is 8.62. The minimum atomic E-state index is -3.71. The number of nitrogens with one attached hydrogen (secondary N) is 1. The van der Waals surface area contributed by atoms with Crippen molar-refractivity contribution < 1.29 is 18.3 Å². The maximum Gasteiger partial charge on any atom is 0.321 e. The monoisotopic (exact) mass is 263 g/mol. The molecule has 0 spiro atoms. The highest BCUT2D eigenvalue weighted by Crippen LogP contribution is 2.21. The summed E-state index contributed by atoms with van der Waals surface area (Å²) < 4.78 is 25.7. The normalized spacial score (nSPS) is 13.6. The Balaban J connectivity index is 2.90. The molecule has 0 aliphatic carbocycles. The average Bonchev–Trinajstić information content (AvgIpc) is 2.65. The zero-order chi connectivity index (χ0) is 12.3. The number of thiophene rings is 1. The summed E-state index contributed by atoms with van der Waals surface area (Å²) in [5.41, 5.74) is 0. The molecule has 0 unspecified atom stereocenters. The Hall–Kier alpha value is -0.920. The fourth-order valence-electron chi connectivity index (χ4n) is 1.03. The van der Waals surface area contributed by atoms with Gasteiger partial charge in [-0.05, 0) is 25.5 Å². The number of rotatable bonds is 5. The van der Waals surface area contributed by atoms with E-state index in [-0.39, 0.29) is 4.21 Å². The summed E-state index contributed by atoms with van der Waals surface area (Å²) in [7, 11) is -3.71. The lowest BCUT2D eigenvalue weighted by atomic mass is 10.4. The summed E-state index contributed by atoms with van der Waals surface area (Å²) in [6.07, 6.45) is 0.759. The molecule has 0 aromatic carbocycles. The van der Waals surface area contributed by atoms with Crippen molar-refractivity contribution in [1.82, 2.24) is 4.72 Å². The van der Waals surface area contributed by atoms with E-state index in [9.17, 15) is 13.2 Å². The van der Waals surface area contributed by atoms with Gasteiger partial charge in [0.15, 0.2) is 0 Å². The second-order valence-electron chi connectivity index (χ2n) is 3.26. The van der Waals surface area contributed by atoms with Gasteiger partial charge >= 0.3 is 5.97 Å². The fourth-order valence-corrected chi connectivity index (χ4v) is 3.54. The van der Waals surface area contributed by atoms with E-state index in [1.54, 1.807) is 6.07 Å². The summed E-state index contributed by atoms with van der Waals surface area (Å²) in [5.74, 6) is -1.20. The number of sulfonamides is 1. The molecule has 0 aliphatic heterocycles. The highest BCUT2D eigenvalue weighted by atomic mass is 32.2. The summed E-state index contributed by atoms with van der Waals surface area (Å²) in [4.78, 5) is 11.5. The number of hydrogen-bond donors (Lipinski definition) is 2. The Morgan fingerprint density at radius 2 is 2.19 bits per heavy atom. The van der Waals surface area contributed by atoms with Crippen LogP contribution in [0.4, 0.5) is 0 Å². The smallest absolute Gasteiger partial charge is 0.321 e. The van der Waals surface area contributed by atoms with Crippen molar-refractivity contribution in [2.45, 2.75) is 30.5 Å². The van der Waals surface area contributed by atoms with E-state index < -0.39 is 22.0 Å². The minimum Gasteiger partial charge on any atom is -0.480 e. The highest BCUT2D eigenvalue weighted by Gasteiger charge is 2.22. The van der Waals surface area contributed by atoms with Crippen molar-refractivity contribution in [3.63, 3.8) is 0 Å². The Kier molecular flexibility index (Phi) is 4.06. The van der Waals surface area contributed by atoms with Crippen molar-refractivity contribution in [2.24, 2.45) is 0 Å². The van der Waals surface area contributed by atoms with Gasteiger partial charge in [0.2, 0.25) is 0 Å². The van der Waals surface area contributed by atoms with Crippen molar-refractivity contribution in [3.05, 3.63) is 17.0 Å².